The van der Waals surface area contributed by atoms with Gasteiger partial charge in [0, 0.05) is 11.1 Å². The lowest BCUT2D eigenvalue weighted by Crippen LogP contribution is -2.51. The van der Waals surface area contributed by atoms with Gasteiger partial charge < -0.3 is 18.9 Å². The van der Waals surface area contributed by atoms with E-state index in [1.54, 1.807) is 0 Å². The van der Waals surface area contributed by atoms with Crippen LogP contribution < -0.4 is 0 Å². The largest absolute Gasteiger partial charge is 0.460 e. The standard InChI is InChI=1S/2C8H10F2O3/c1-5(2)7(11)12-4-6-3-8(9,10)13-6;1-4(2)8(11)12-3-5-6(9)7(10)13-5/h6H,1,3-4H2,2H3;5-7H,1,3H2,2H3. The fraction of sp³-hybridized carbons (Fsp3) is 0.625. The molecule has 26 heavy (non-hydrogen) atoms. The van der Waals surface area contributed by atoms with E-state index in [1.807, 2.05) is 0 Å². The Hall–Kier alpha value is -1.94. The SMILES string of the molecule is C=C(C)C(=O)OCC1CC(F)(F)O1.C=C(C)C(=O)OCC1OC(F)C1F. The Morgan fingerprint density at radius 1 is 1.08 bits per heavy atom. The maximum absolute atomic E-state index is 12.5. The van der Waals surface area contributed by atoms with Gasteiger partial charge in [0.05, 0.1) is 6.42 Å². The average molecular weight is 384 g/mol. The molecule has 0 saturated carbocycles. The van der Waals surface area contributed by atoms with Crippen LogP contribution in [0.5, 0.6) is 0 Å². The topological polar surface area (TPSA) is 71.1 Å². The molecule has 0 N–H and O–H groups in total. The number of rotatable bonds is 6. The Balaban J connectivity index is 0.000000260. The zero-order valence-corrected chi connectivity index (χ0v) is 14.3. The second-order valence-corrected chi connectivity index (χ2v) is 5.81. The van der Waals surface area contributed by atoms with E-state index in [2.05, 4.69) is 32.1 Å². The summed E-state index contributed by atoms with van der Waals surface area (Å²) in [7, 11) is 0. The van der Waals surface area contributed by atoms with Gasteiger partial charge in [-0.2, -0.15) is 8.78 Å². The van der Waals surface area contributed by atoms with Gasteiger partial charge in [-0.25, -0.2) is 18.4 Å². The van der Waals surface area contributed by atoms with Crippen LogP contribution in [0.25, 0.3) is 0 Å². The van der Waals surface area contributed by atoms with Gasteiger partial charge in [-0.1, -0.05) is 13.2 Å². The van der Waals surface area contributed by atoms with Gasteiger partial charge in [-0.15, -0.1) is 0 Å². The first kappa shape index (κ1) is 22.1. The summed E-state index contributed by atoms with van der Waals surface area (Å²) in [4.78, 5) is 21.6. The minimum Gasteiger partial charge on any atom is -0.460 e. The molecule has 0 aromatic carbocycles. The molecule has 148 valence electrons. The fourth-order valence-electron chi connectivity index (χ4n) is 1.69. The average Bonchev–Trinajstić information content (AvgIpc) is 2.53. The summed E-state index contributed by atoms with van der Waals surface area (Å²) in [5, 5.41) is 0. The van der Waals surface area contributed by atoms with Crippen molar-refractivity contribution in [2.45, 2.75) is 51.1 Å². The molecule has 6 nitrogen and oxygen atoms in total. The maximum atomic E-state index is 12.5. The number of hydrogen-bond acceptors (Lipinski definition) is 6. The van der Waals surface area contributed by atoms with Crippen LogP contribution in [0.4, 0.5) is 17.6 Å². The molecule has 2 saturated heterocycles. The number of alkyl halides is 4. The van der Waals surface area contributed by atoms with Crippen molar-refractivity contribution in [2.24, 2.45) is 0 Å². The number of carbonyl (C=O) groups is 2. The second kappa shape index (κ2) is 9.13. The smallest absolute Gasteiger partial charge is 0.358 e. The maximum Gasteiger partial charge on any atom is 0.358 e. The second-order valence-electron chi connectivity index (χ2n) is 5.81. The molecule has 2 heterocycles. The normalized spacial score (nSPS) is 28.4. The quantitative estimate of drug-likeness (QED) is 0.398. The molecular weight excluding hydrogens is 364 g/mol. The number of carbonyl (C=O) groups excluding carboxylic acids is 2. The number of ether oxygens (including phenoxy) is 4. The van der Waals surface area contributed by atoms with E-state index >= 15 is 0 Å². The molecule has 0 amide bonds. The third kappa shape index (κ3) is 6.75. The Kier molecular flexibility index (Phi) is 7.76. The van der Waals surface area contributed by atoms with E-state index in [0.29, 0.717) is 0 Å². The number of halogens is 4. The zero-order chi connectivity index (χ0) is 20.1. The van der Waals surface area contributed by atoms with E-state index in [-0.39, 0.29) is 24.4 Å². The van der Waals surface area contributed by atoms with Gasteiger partial charge in [0.2, 0.25) is 6.36 Å². The van der Waals surface area contributed by atoms with E-state index in [0.717, 1.165) is 0 Å². The highest BCUT2D eigenvalue weighted by molar-refractivity contribution is 5.87. The molecule has 10 heteroatoms. The highest BCUT2D eigenvalue weighted by Crippen LogP contribution is 2.35. The summed E-state index contributed by atoms with van der Waals surface area (Å²) in [6, 6.07) is 0. The summed E-state index contributed by atoms with van der Waals surface area (Å²) >= 11 is 0. The molecule has 0 aromatic rings. The lowest BCUT2D eigenvalue weighted by atomic mass is 10.1. The predicted octanol–water partition coefficient (Wildman–Crippen LogP) is 2.63. The van der Waals surface area contributed by atoms with Gasteiger partial charge in [0.25, 0.3) is 0 Å². The van der Waals surface area contributed by atoms with Crippen LogP contribution in [0, 0.1) is 0 Å². The van der Waals surface area contributed by atoms with Crippen molar-refractivity contribution < 1.29 is 46.1 Å². The van der Waals surface area contributed by atoms with Crippen molar-refractivity contribution in [3.05, 3.63) is 24.3 Å². The minimum atomic E-state index is -3.04. The van der Waals surface area contributed by atoms with Crippen molar-refractivity contribution in [3.63, 3.8) is 0 Å². The summed E-state index contributed by atoms with van der Waals surface area (Å²) < 4.78 is 66.4. The summed E-state index contributed by atoms with van der Waals surface area (Å²) in [5.41, 5.74) is 0.456. The molecule has 0 radical (unpaired) electrons. The van der Waals surface area contributed by atoms with E-state index in [9.17, 15) is 27.2 Å². The van der Waals surface area contributed by atoms with Crippen molar-refractivity contribution in [3.8, 4) is 0 Å². The number of esters is 2. The minimum absolute atomic E-state index is 0.138. The summed E-state index contributed by atoms with van der Waals surface area (Å²) in [6.45, 7) is 9.21. The molecule has 0 aliphatic carbocycles. The molecule has 2 aliphatic rings. The van der Waals surface area contributed by atoms with E-state index < -0.39 is 49.2 Å². The van der Waals surface area contributed by atoms with Crippen molar-refractivity contribution in [1.82, 2.24) is 0 Å². The highest BCUT2D eigenvalue weighted by atomic mass is 19.3. The molecule has 0 spiro atoms. The molecule has 0 aromatic heterocycles. The lowest BCUT2D eigenvalue weighted by molar-refractivity contribution is -0.355. The van der Waals surface area contributed by atoms with Crippen molar-refractivity contribution >= 4 is 11.9 Å². The van der Waals surface area contributed by atoms with Crippen molar-refractivity contribution in [1.29, 1.82) is 0 Å². The Bertz CT molecular complexity index is 557. The Morgan fingerprint density at radius 3 is 1.88 bits per heavy atom. The Morgan fingerprint density at radius 2 is 1.54 bits per heavy atom. The van der Waals surface area contributed by atoms with Crippen LogP contribution in [0.3, 0.4) is 0 Å². The van der Waals surface area contributed by atoms with E-state index in [4.69, 9.17) is 0 Å². The molecule has 2 fully saturated rings. The van der Waals surface area contributed by atoms with Gasteiger partial charge in [-0.05, 0) is 13.8 Å². The molecular formula is C16H20F4O6. The van der Waals surface area contributed by atoms with E-state index in [1.165, 1.54) is 13.8 Å². The van der Waals surface area contributed by atoms with Crippen LogP contribution in [0.2, 0.25) is 0 Å². The number of hydrogen-bond donors (Lipinski definition) is 0. The van der Waals surface area contributed by atoms with Crippen LogP contribution in [0.1, 0.15) is 20.3 Å². The van der Waals surface area contributed by atoms with Gasteiger partial charge in [0.15, 0.2) is 6.17 Å². The highest BCUT2D eigenvalue weighted by Gasteiger charge is 2.47. The molecule has 2 aliphatic heterocycles. The first-order valence-corrected chi connectivity index (χ1v) is 7.57. The van der Waals surface area contributed by atoms with Gasteiger partial charge in [0.1, 0.15) is 25.4 Å². The molecule has 4 unspecified atom stereocenters. The zero-order valence-electron chi connectivity index (χ0n) is 14.3. The van der Waals surface area contributed by atoms with Crippen LogP contribution in [-0.4, -0.2) is 56.0 Å². The third-order valence-corrected chi connectivity index (χ3v) is 3.19. The lowest BCUT2D eigenvalue weighted by Gasteiger charge is -2.34. The first-order valence-electron chi connectivity index (χ1n) is 7.57. The van der Waals surface area contributed by atoms with Crippen LogP contribution in [-0.2, 0) is 28.5 Å². The van der Waals surface area contributed by atoms with Gasteiger partial charge >= 0.3 is 18.0 Å². The molecule has 4 atom stereocenters. The Labute approximate surface area is 147 Å². The first-order chi connectivity index (χ1) is 11.9. The fourth-order valence-corrected chi connectivity index (χ4v) is 1.69. The third-order valence-electron chi connectivity index (χ3n) is 3.19. The van der Waals surface area contributed by atoms with Crippen LogP contribution >= 0.6 is 0 Å². The summed E-state index contributed by atoms with van der Waals surface area (Å²) in [6.07, 6.45) is -8.67. The van der Waals surface area contributed by atoms with Gasteiger partial charge in [-0.3, -0.25) is 0 Å². The monoisotopic (exact) mass is 384 g/mol. The van der Waals surface area contributed by atoms with Crippen LogP contribution in [0.15, 0.2) is 24.3 Å². The molecule has 2 rings (SSSR count). The molecule has 0 bridgehead atoms. The predicted molar refractivity (Wildman–Crippen MR) is 80.6 cm³/mol. The summed E-state index contributed by atoms with van der Waals surface area (Å²) in [5.74, 6) is -1.21. The van der Waals surface area contributed by atoms with Crippen molar-refractivity contribution in [2.75, 3.05) is 13.2 Å².